The van der Waals surface area contributed by atoms with Crippen LogP contribution in [0.2, 0.25) is 0 Å². The molecule has 5 heteroatoms. The van der Waals surface area contributed by atoms with Crippen LogP contribution in [0, 0.1) is 5.92 Å². The highest BCUT2D eigenvalue weighted by molar-refractivity contribution is 5.91. The second-order valence-corrected chi connectivity index (χ2v) is 5.78. The van der Waals surface area contributed by atoms with Gasteiger partial charge in [0.2, 0.25) is 0 Å². The number of rotatable bonds is 7. The molecule has 0 bridgehead atoms. The summed E-state index contributed by atoms with van der Waals surface area (Å²) in [7, 11) is 0. The van der Waals surface area contributed by atoms with Crippen molar-refractivity contribution >= 4 is 17.4 Å². The molecule has 116 valence electrons. The number of hydrogen-bond donors (Lipinski definition) is 2. The zero-order valence-electron chi connectivity index (χ0n) is 13.2. The van der Waals surface area contributed by atoms with E-state index < -0.39 is 0 Å². The molecule has 0 unspecified atom stereocenters. The average Bonchev–Trinajstić information content (AvgIpc) is 2.38. The fourth-order valence-electron chi connectivity index (χ4n) is 1.78. The van der Waals surface area contributed by atoms with Gasteiger partial charge in [0, 0.05) is 12.1 Å². The predicted molar refractivity (Wildman–Crippen MR) is 86.2 cm³/mol. The highest BCUT2D eigenvalue weighted by atomic mass is 16.6. The van der Waals surface area contributed by atoms with Gasteiger partial charge in [-0.15, -0.1) is 0 Å². The molecule has 1 aromatic carbocycles. The van der Waals surface area contributed by atoms with Crippen molar-refractivity contribution in [3.05, 3.63) is 29.8 Å². The molecule has 3 N–H and O–H groups in total. The van der Waals surface area contributed by atoms with E-state index in [0.717, 1.165) is 5.69 Å². The van der Waals surface area contributed by atoms with Crippen LogP contribution in [0.3, 0.4) is 0 Å². The van der Waals surface area contributed by atoms with Crippen molar-refractivity contribution in [3.63, 3.8) is 0 Å². The number of amidine groups is 1. The number of nitrogens with one attached hydrogen (secondary N) is 1. The summed E-state index contributed by atoms with van der Waals surface area (Å²) in [4.78, 5) is 16.6. The molecule has 0 saturated heterocycles. The topological polar surface area (TPSA) is 76.7 Å². The van der Waals surface area contributed by atoms with E-state index >= 15 is 0 Å². The van der Waals surface area contributed by atoms with Gasteiger partial charge < -0.3 is 15.9 Å². The van der Waals surface area contributed by atoms with Crippen molar-refractivity contribution in [1.82, 2.24) is 0 Å². The van der Waals surface area contributed by atoms with E-state index in [9.17, 15) is 4.79 Å². The molecule has 21 heavy (non-hydrogen) atoms. The minimum atomic E-state index is -0.256. The molecule has 1 aromatic rings. The van der Waals surface area contributed by atoms with Crippen molar-refractivity contribution in [2.45, 2.75) is 40.0 Å². The van der Waals surface area contributed by atoms with Crippen LogP contribution in [-0.4, -0.2) is 18.3 Å². The summed E-state index contributed by atoms with van der Waals surface area (Å²) in [6.45, 7) is 8.18. The Morgan fingerprint density at radius 2 is 1.86 bits per heavy atom. The largest absolute Gasteiger partial charge is 0.384 e. The number of carbonyl (C=O) groups is 1. The number of nitrogens with two attached hydrogens (primary N) is 1. The fraction of sp³-hybridized carbons (Fsp3) is 0.500. The number of amides is 1. The van der Waals surface area contributed by atoms with Gasteiger partial charge in [0.05, 0.1) is 0 Å². The van der Waals surface area contributed by atoms with Crippen molar-refractivity contribution in [2.75, 3.05) is 11.9 Å². The first-order valence-corrected chi connectivity index (χ1v) is 7.22. The lowest BCUT2D eigenvalue weighted by atomic mass is 10.0. The second-order valence-electron chi connectivity index (χ2n) is 5.78. The molecule has 1 rings (SSSR count). The van der Waals surface area contributed by atoms with Gasteiger partial charge in [0.25, 0.3) is 5.91 Å². The summed E-state index contributed by atoms with van der Waals surface area (Å²) in [5.74, 6) is 1.02. The average molecular weight is 291 g/mol. The van der Waals surface area contributed by atoms with Gasteiger partial charge in [-0.3, -0.25) is 4.79 Å². The van der Waals surface area contributed by atoms with Gasteiger partial charge >= 0.3 is 0 Å². The van der Waals surface area contributed by atoms with E-state index in [-0.39, 0.29) is 12.5 Å². The lowest BCUT2D eigenvalue weighted by Gasteiger charge is -2.08. The SMILES string of the molecule is CC(C)C/C(N)=N/OCC(=O)Nc1ccc(C(C)C)cc1. The van der Waals surface area contributed by atoms with Gasteiger partial charge in [-0.2, -0.15) is 0 Å². The third kappa shape index (κ3) is 6.79. The first kappa shape index (κ1) is 17.0. The molecule has 5 nitrogen and oxygen atoms in total. The van der Waals surface area contributed by atoms with Crippen molar-refractivity contribution < 1.29 is 9.63 Å². The number of nitrogens with zero attached hydrogens (tertiary/aromatic N) is 1. The van der Waals surface area contributed by atoms with Crippen molar-refractivity contribution in [1.29, 1.82) is 0 Å². The molecule has 0 heterocycles. The van der Waals surface area contributed by atoms with Gasteiger partial charge in [0.1, 0.15) is 5.84 Å². The Labute approximate surface area is 126 Å². The lowest BCUT2D eigenvalue weighted by Crippen LogP contribution is -2.19. The fourth-order valence-corrected chi connectivity index (χ4v) is 1.78. The van der Waals surface area contributed by atoms with Crippen molar-refractivity contribution in [3.8, 4) is 0 Å². The molecule has 0 spiro atoms. The monoisotopic (exact) mass is 291 g/mol. The first-order chi connectivity index (χ1) is 9.88. The van der Waals surface area contributed by atoms with E-state index in [0.29, 0.717) is 24.1 Å². The standard InChI is InChI=1S/C16H25N3O2/c1-11(2)9-15(17)19-21-10-16(20)18-14-7-5-13(6-8-14)12(3)4/h5-8,11-12H,9-10H2,1-4H3,(H2,17,19)(H,18,20). The zero-order valence-corrected chi connectivity index (χ0v) is 13.2. The van der Waals surface area contributed by atoms with Crippen LogP contribution in [0.4, 0.5) is 5.69 Å². The molecule has 0 aliphatic heterocycles. The van der Waals surface area contributed by atoms with E-state index in [1.165, 1.54) is 5.56 Å². The Hall–Kier alpha value is -2.04. The quantitative estimate of drug-likeness (QED) is 0.460. The summed E-state index contributed by atoms with van der Waals surface area (Å²) < 4.78 is 0. The maximum atomic E-state index is 11.7. The lowest BCUT2D eigenvalue weighted by molar-refractivity contribution is -0.120. The van der Waals surface area contributed by atoms with E-state index in [2.05, 4.69) is 24.3 Å². The Morgan fingerprint density at radius 3 is 2.38 bits per heavy atom. The van der Waals surface area contributed by atoms with E-state index in [4.69, 9.17) is 10.6 Å². The molecule has 0 aromatic heterocycles. The molecule has 1 amide bonds. The van der Waals surface area contributed by atoms with E-state index in [1.54, 1.807) is 0 Å². The highest BCUT2D eigenvalue weighted by Crippen LogP contribution is 2.16. The zero-order chi connectivity index (χ0) is 15.8. The second kappa shape index (κ2) is 8.29. The summed E-state index contributed by atoms with van der Waals surface area (Å²) in [6.07, 6.45) is 0.651. The predicted octanol–water partition coefficient (Wildman–Crippen LogP) is 3.08. The van der Waals surface area contributed by atoms with E-state index in [1.807, 2.05) is 38.1 Å². The number of oxime groups is 1. The van der Waals surface area contributed by atoms with Gasteiger partial charge in [-0.25, -0.2) is 0 Å². The van der Waals surface area contributed by atoms with Crippen LogP contribution in [-0.2, 0) is 9.63 Å². The number of carbonyl (C=O) groups excluding carboxylic acids is 1. The minimum absolute atomic E-state index is 0.148. The molecule has 0 fully saturated rings. The summed E-state index contributed by atoms with van der Waals surface area (Å²) in [5.41, 5.74) is 7.63. The van der Waals surface area contributed by atoms with Gasteiger partial charge in [0.15, 0.2) is 6.61 Å². The normalized spacial score (nSPS) is 11.8. The molecule has 0 saturated carbocycles. The molecular formula is C16H25N3O2. The maximum Gasteiger partial charge on any atom is 0.265 e. The maximum absolute atomic E-state index is 11.7. The Morgan fingerprint density at radius 1 is 1.24 bits per heavy atom. The Balaban J connectivity index is 2.40. The van der Waals surface area contributed by atoms with Crippen LogP contribution in [0.1, 0.15) is 45.6 Å². The molecular weight excluding hydrogens is 266 g/mol. The smallest absolute Gasteiger partial charge is 0.265 e. The van der Waals surface area contributed by atoms with Gasteiger partial charge in [-0.05, 0) is 29.5 Å². The summed E-state index contributed by atoms with van der Waals surface area (Å²) in [5, 5.41) is 6.47. The number of benzene rings is 1. The molecule has 0 radical (unpaired) electrons. The molecule has 0 atom stereocenters. The van der Waals surface area contributed by atoms with Gasteiger partial charge in [-0.1, -0.05) is 45.0 Å². The van der Waals surface area contributed by atoms with Crippen LogP contribution < -0.4 is 11.1 Å². The number of hydrogen-bond acceptors (Lipinski definition) is 3. The molecule has 0 aliphatic carbocycles. The summed E-state index contributed by atoms with van der Waals surface area (Å²) >= 11 is 0. The van der Waals surface area contributed by atoms with Crippen LogP contribution in [0.25, 0.3) is 0 Å². The first-order valence-electron chi connectivity index (χ1n) is 7.22. The number of anilines is 1. The molecule has 0 aliphatic rings. The highest BCUT2D eigenvalue weighted by Gasteiger charge is 2.05. The third-order valence-corrected chi connectivity index (χ3v) is 2.86. The van der Waals surface area contributed by atoms with Crippen LogP contribution in [0.15, 0.2) is 29.4 Å². The van der Waals surface area contributed by atoms with Crippen LogP contribution >= 0.6 is 0 Å². The summed E-state index contributed by atoms with van der Waals surface area (Å²) in [6, 6.07) is 7.76. The van der Waals surface area contributed by atoms with Crippen LogP contribution in [0.5, 0.6) is 0 Å². The Bertz CT molecular complexity index is 479. The minimum Gasteiger partial charge on any atom is -0.384 e. The third-order valence-electron chi connectivity index (χ3n) is 2.86. The van der Waals surface area contributed by atoms with Crippen molar-refractivity contribution in [2.24, 2.45) is 16.8 Å². The Kier molecular flexibility index (Phi) is 6.72.